The number of benzene rings is 1. The molecule has 2 N–H and O–H groups in total. The molecule has 90 valence electrons. The van der Waals surface area contributed by atoms with Gasteiger partial charge in [-0.05, 0) is 31.5 Å². The summed E-state index contributed by atoms with van der Waals surface area (Å²) in [6.45, 7) is 2.60. The summed E-state index contributed by atoms with van der Waals surface area (Å²) in [6.07, 6.45) is 1.64. The van der Waals surface area contributed by atoms with Gasteiger partial charge in [-0.25, -0.2) is 0 Å². The smallest absolute Gasteiger partial charge is 0.134 e. The van der Waals surface area contributed by atoms with Crippen molar-refractivity contribution in [2.24, 2.45) is 5.73 Å². The molecule has 3 nitrogen and oxygen atoms in total. The summed E-state index contributed by atoms with van der Waals surface area (Å²) in [4.78, 5) is 0.769. The zero-order chi connectivity index (χ0) is 12.0. The molecule has 0 aliphatic rings. The van der Waals surface area contributed by atoms with E-state index in [2.05, 4.69) is 0 Å². The van der Waals surface area contributed by atoms with Gasteiger partial charge in [-0.3, -0.25) is 4.21 Å². The van der Waals surface area contributed by atoms with Crippen molar-refractivity contribution in [1.29, 1.82) is 0 Å². The van der Waals surface area contributed by atoms with E-state index in [-0.39, 0.29) is 5.25 Å². The third-order valence-corrected chi connectivity index (χ3v) is 4.48. The van der Waals surface area contributed by atoms with Gasteiger partial charge in [-0.2, -0.15) is 0 Å². The Bertz CT molecular complexity index is 355. The van der Waals surface area contributed by atoms with Crippen molar-refractivity contribution < 1.29 is 8.95 Å². The minimum Gasteiger partial charge on any atom is -0.495 e. The normalized spacial score (nSPS) is 14.4. The van der Waals surface area contributed by atoms with E-state index in [1.165, 1.54) is 0 Å². The lowest BCUT2D eigenvalue weighted by Gasteiger charge is -2.15. The Morgan fingerprint density at radius 2 is 2.12 bits per heavy atom. The summed E-state index contributed by atoms with van der Waals surface area (Å²) in [7, 11) is 0.560. The van der Waals surface area contributed by atoms with E-state index in [0.717, 1.165) is 17.7 Å². The fraction of sp³-hybridized carbons (Fsp3) is 0.500. The molecule has 0 heterocycles. The summed E-state index contributed by atoms with van der Waals surface area (Å²) < 4.78 is 17.5. The maximum atomic E-state index is 12.3. The van der Waals surface area contributed by atoms with Crippen molar-refractivity contribution in [3.05, 3.63) is 24.3 Å². The molecule has 2 unspecified atom stereocenters. The maximum absolute atomic E-state index is 12.3. The van der Waals surface area contributed by atoms with Gasteiger partial charge in [0.25, 0.3) is 0 Å². The van der Waals surface area contributed by atoms with E-state index in [0.29, 0.717) is 12.3 Å². The number of hydrogen-bond donors (Lipinski definition) is 1. The van der Waals surface area contributed by atoms with Crippen LogP contribution in [0, 0.1) is 0 Å². The lowest BCUT2D eigenvalue weighted by molar-refractivity contribution is 0.403. The second-order valence-corrected chi connectivity index (χ2v) is 5.26. The second kappa shape index (κ2) is 6.66. The van der Waals surface area contributed by atoms with Gasteiger partial charge in [0, 0.05) is 5.25 Å². The number of hydrogen-bond acceptors (Lipinski definition) is 3. The van der Waals surface area contributed by atoms with Crippen LogP contribution in [0.5, 0.6) is 5.75 Å². The Morgan fingerprint density at radius 3 is 2.69 bits per heavy atom. The largest absolute Gasteiger partial charge is 0.495 e. The number of ether oxygens (including phenoxy) is 1. The Balaban J connectivity index is 2.93. The Kier molecular flexibility index (Phi) is 5.49. The highest BCUT2D eigenvalue weighted by Crippen LogP contribution is 2.25. The minimum atomic E-state index is -1.04. The molecule has 0 aliphatic carbocycles. The molecule has 4 heteroatoms. The highest BCUT2D eigenvalue weighted by molar-refractivity contribution is 7.85. The fourth-order valence-electron chi connectivity index (χ4n) is 1.61. The molecule has 1 rings (SSSR count). The third kappa shape index (κ3) is 3.06. The average molecular weight is 241 g/mol. The lowest BCUT2D eigenvalue weighted by atomic mass is 10.2. The first kappa shape index (κ1) is 13.2. The van der Waals surface area contributed by atoms with Gasteiger partial charge in [0.1, 0.15) is 5.75 Å². The zero-order valence-electron chi connectivity index (χ0n) is 9.81. The van der Waals surface area contributed by atoms with Crippen LogP contribution in [0.1, 0.15) is 19.8 Å². The van der Waals surface area contributed by atoms with Crippen LogP contribution in [0.15, 0.2) is 29.2 Å². The molecule has 0 bridgehead atoms. The van der Waals surface area contributed by atoms with Gasteiger partial charge >= 0.3 is 0 Å². The van der Waals surface area contributed by atoms with Crippen LogP contribution in [0.4, 0.5) is 0 Å². The van der Waals surface area contributed by atoms with Crippen LogP contribution < -0.4 is 10.5 Å². The summed E-state index contributed by atoms with van der Waals surface area (Å²) >= 11 is 0. The van der Waals surface area contributed by atoms with Crippen molar-refractivity contribution in [3.63, 3.8) is 0 Å². The first-order valence-corrected chi connectivity index (χ1v) is 6.69. The van der Waals surface area contributed by atoms with Crippen LogP contribution >= 0.6 is 0 Å². The fourth-order valence-corrected chi connectivity index (χ4v) is 3.19. The highest BCUT2D eigenvalue weighted by Gasteiger charge is 2.18. The molecular formula is C12H19NO2S. The van der Waals surface area contributed by atoms with Crippen LogP contribution in [0.2, 0.25) is 0 Å². The Labute approximate surface area is 99.4 Å². The van der Waals surface area contributed by atoms with Crippen LogP contribution in [-0.4, -0.2) is 23.1 Å². The molecule has 0 amide bonds. The van der Waals surface area contributed by atoms with Crippen LogP contribution in [-0.2, 0) is 10.8 Å². The molecule has 1 aromatic carbocycles. The van der Waals surface area contributed by atoms with E-state index in [9.17, 15) is 4.21 Å². The van der Waals surface area contributed by atoms with Crippen molar-refractivity contribution in [3.8, 4) is 5.75 Å². The topological polar surface area (TPSA) is 52.3 Å². The molecule has 2 atom stereocenters. The minimum absolute atomic E-state index is 0.112. The molecule has 16 heavy (non-hydrogen) atoms. The summed E-state index contributed by atoms with van der Waals surface area (Å²) in [5.74, 6) is 0.691. The molecule has 0 fully saturated rings. The SMILES string of the molecule is CCC(CCN)S(=O)c1ccccc1OC. The predicted molar refractivity (Wildman–Crippen MR) is 67.2 cm³/mol. The molecule has 0 spiro atoms. The van der Waals surface area contributed by atoms with E-state index < -0.39 is 10.8 Å². The molecule has 0 radical (unpaired) electrons. The highest BCUT2D eigenvalue weighted by atomic mass is 32.2. The van der Waals surface area contributed by atoms with Gasteiger partial charge in [0.2, 0.25) is 0 Å². The van der Waals surface area contributed by atoms with Gasteiger partial charge < -0.3 is 10.5 Å². The van der Waals surface area contributed by atoms with E-state index in [1.807, 2.05) is 31.2 Å². The summed E-state index contributed by atoms with van der Waals surface area (Å²) in [6, 6.07) is 7.45. The molecule has 0 saturated carbocycles. The predicted octanol–water partition coefficient (Wildman–Crippen LogP) is 1.93. The summed E-state index contributed by atoms with van der Waals surface area (Å²) in [5, 5.41) is 0.112. The van der Waals surface area contributed by atoms with Gasteiger partial charge in [-0.15, -0.1) is 0 Å². The second-order valence-electron chi connectivity index (χ2n) is 3.56. The van der Waals surface area contributed by atoms with Gasteiger partial charge in [0.15, 0.2) is 0 Å². The molecule has 0 aromatic heterocycles. The van der Waals surface area contributed by atoms with Crippen molar-refractivity contribution in [2.75, 3.05) is 13.7 Å². The Morgan fingerprint density at radius 1 is 1.44 bits per heavy atom. The molecule has 0 aliphatic heterocycles. The van der Waals surface area contributed by atoms with Crippen molar-refractivity contribution >= 4 is 10.8 Å². The molecule has 0 saturated heterocycles. The zero-order valence-corrected chi connectivity index (χ0v) is 10.6. The van der Waals surface area contributed by atoms with Crippen LogP contribution in [0.25, 0.3) is 0 Å². The van der Waals surface area contributed by atoms with E-state index in [1.54, 1.807) is 7.11 Å². The van der Waals surface area contributed by atoms with Gasteiger partial charge in [-0.1, -0.05) is 19.1 Å². The third-order valence-electron chi connectivity index (χ3n) is 2.53. The molecular weight excluding hydrogens is 222 g/mol. The van der Waals surface area contributed by atoms with Crippen LogP contribution in [0.3, 0.4) is 0 Å². The average Bonchev–Trinajstić information content (AvgIpc) is 2.35. The molecule has 1 aromatic rings. The quantitative estimate of drug-likeness (QED) is 0.828. The lowest BCUT2D eigenvalue weighted by Crippen LogP contribution is -2.19. The standard InChI is InChI=1S/C12H19NO2S/c1-3-10(8-9-13)16(14)12-7-5-4-6-11(12)15-2/h4-7,10H,3,8-9,13H2,1-2H3. The van der Waals surface area contributed by atoms with Gasteiger partial charge in [0.05, 0.1) is 22.8 Å². The van der Waals surface area contributed by atoms with E-state index in [4.69, 9.17) is 10.5 Å². The number of para-hydroxylation sites is 1. The maximum Gasteiger partial charge on any atom is 0.134 e. The van der Waals surface area contributed by atoms with Crippen molar-refractivity contribution in [2.45, 2.75) is 29.9 Å². The van der Waals surface area contributed by atoms with Crippen molar-refractivity contribution in [1.82, 2.24) is 0 Å². The van der Waals surface area contributed by atoms with E-state index >= 15 is 0 Å². The number of nitrogens with two attached hydrogens (primary N) is 1. The first-order valence-electron chi connectivity index (χ1n) is 5.48. The first-order chi connectivity index (χ1) is 7.74. The number of rotatable bonds is 6. The Hall–Kier alpha value is -0.870. The monoisotopic (exact) mass is 241 g/mol. The number of methoxy groups -OCH3 is 1. The summed E-state index contributed by atoms with van der Waals surface area (Å²) in [5.41, 5.74) is 5.53.